The molecule has 0 N–H and O–H groups in total. The molecule has 19 rings (SSSR count). The maximum absolute atomic E-state index is 6.92. The molecular weight excluding hydrogens is 1070 g/mol. The lowest BCUT2D eigenvalue weighted by atomic mass is 9.98. The largest absolute Gasteiger partial charge is 0.456 e. The second-order valence-corrected chi connectivity index (χ2v) is 27.0. The van der Waals surface area contributed by atoms with Crippen LogP contribution in [0.4, 0.5) is 0 Å². The van der Waals surface area contributed by atoms with Crippen molar-refractivity contribution in [3.8, 4) is 33.6 Å². The van der Waals surface area contributed by atoms with E-state index in [0.717, 1.165) is 104 Å². The molecule has 0 bridgehead atoms. The maximum Gasteiger partial charge on any atom is 0.144 e. The molecule has 0 saturated carbocycles. The van der Waals surface area contributed by atoms with Crippen molar-refractivity contribution in [2.75, 3.05) is 0 Å². The summed E-state index contributed by atoms with van der Waals surface area (Å²) in [6.45, 7) is 0. The Morgan fingerprint density at radius 1 is 0.294 bits per heavy atom. The molecule has 0 spiro atoms. The van der Waals surface area contributed by atoms with Gasteiger partial charge in [-0.2, -0.15) is 0 Å². The van der Waals surface area contributed by atoms with Crippen LogP contribution in [0.5, 0.6) is 0 Å². The summed E-state index contributed by atoms with van der Waals surface area (Å²) in [5, 5.41) is 17.5. The molecule has 13 aromatic carbocycles. The van der Waals surface area contributed by atoms with E-state index in [9.17, 15) is 0 Å². The fourth-order valence-corrected chi connectivity index (χ4v) is 18.5. The molecule has 0 saturated heterocycles. The second-order valence-electron chi connectivity index (χ2n) is 22.6. The van der Waals surface area contributed by atoms with E-state index in [1.54, 1.807) is 0 Å². The van der Waals surface area contributed by atoms with Crippen LogP contribution >= 0.6 is 6.04 Å². The fourth-order valence-electron chi connectivity index (χ4n) is 14.5. The van der Waals surface area contributed by atoms with Gasteiger partial charge in [0.05, 0.1) is 38.6 Å². The highest BCUT2D eigenvalue weighted by Crippen LogP contribution is 2.48. The van der Waals surface area contributed by atoms with E-state index in [4.69, 9.17) is 20.6 Å². The summed E-state index contributed by atoms with van der Waals surface area (Å²) in [4.78, 5) is 0. The third-order valence-electron chi connectivity index (χ3n) is 18.2. The van der Waals surface area contributed by atoms with Crippen LogP contribution < -0.4 is 15.9 Å². The Morgan fingerprint density at radius 3 is 1.42 bits per heavy atom. The van der Waals surface area contributed by atoms with Crippen LogP contribution in [-0.2, 0) is 11.8 Å². The van der Waals surface area contributed by atoms with E-state index in [1.807, 2.05) is 0 Å². The summed E-state index contributed by atoms with van der Waals surface area (Å²) in [6, 6.07) is 99.0. The van der Waals surface area contributed by atoms with Crippen molar-refractivity contribution in [1.82, 2.24) is 13.5 Å². The van der Waals surface area contributed by atoms with Crippen molar-refractivity contribution in [2.24, 2.45) is 0 Å². The average molecular weight is 1120 g/mol. The smallest absolute Gasteiger partial charge is 0.144 e. The van der Waals surface area contributed by atoms with Gasteiger partial charge in [-0.05, 0) is 142 Å². The first-order valence-electron chi connectivity index (χ1n) is 28.9. The number of aromatic nitrogens is 3. The monoisotopic (exact) mass is 1120 g/mol. The standard InChI is InChI=1S/C78H46N3O2PS/c85-84(52-17-3-1-4-18-52,53-19-5-2-6-20-53)75-32-16-26-58-62-45-51(36-40-74(62)83-78(58)75)80-69-30-14-10-24-59(69)76-54(25-15-31-71(76)80)48-33-37-70-60(42-48)55-21-7-11-27-66(55)79(70)50-35-39-73-63(46-50)61-41-47(34-38-72(61)82-73)49-43-64-56-22-8-12-28-67(56)81-68-29-13-9-23-57(68)65(44-49)77(64)81/h1-46H. The predicted molar refractivity (Wildman–Crippen MR) is 361 cm³/mol. The Bertz CT molecular complexity index is 5950. The van der Waals surface area contributed by atoms with Gasteiger partial charge in [-0.1, -0.05) is 182 Å². The van der Waals surface area contributed by atoms with Crippen LogP contribution in [0.2, 0.25) is 0 Å². The van der Waals surface area contributed by atoms with Crippen LogP contribution in [-0.4, -0.2) is 13.5 Å². The first-order valence-corrected chi connectivity index (χ1v) is 31.7. The first kappa shape index (κ1) is 47.0. The van der Waals surface area contributed by atoms with Crippen LogP contribution in [0.3, 0.4) is 0 Å². The number of hydrogen-bond donors (Lipinski definition) is 0. The van der Waals surface area contributed by atoms with Crippen LogP contribution in [0, 0.1) is 0 Å². The van der Waals surface area contributed by atoms with Crippen molar-refractivity contribution in [2.45, 2.75) is 0 Å². The van der Waals surface area contributed by atoms with E-state index in [-0.39, 0.29) is 0 Å². The van der Waals surface area contributed by atoms with Gasteiger partial charge in [-0.3, -0.25) is 0 Å². The zero-order valence-corrected chi connectivity index (χ0v) is 47.3. The van der Waals surface area contributed by atoms with Gasteiger partial charge < -0.3 is 22.4 Å². The van der Waals surface area contributed by atoms with Gasteiger partial charge in [-0.25, -0.2) is 0 Å². The van der Waals surface area contributed by atoms with Crippen LogP contribution in [0.25, 0.3) is 159 Å². The molecule has 0 amide bonds. The second kappa shape index (κ2) is 17.5. The Morgan fingerprint density at radius 2 is 0.753 bits per heavy atom. The van der Waals surface area contributed by atoms with Gasteiger partial charge in [0.2, 0.25) is 0 Å². The lowest BCUT2D eigenvalue weighted by Crippen LogP contribution is -2.25. The van der Waals surface area contributed by atoms with Crippen molar-refractivity contribution in [3.63, 3.8) is 0 Å². The molecule has 396 valence electrons. The zero-order valence-electron chi connectivity index (χ0n) is 45.6. The fraction of sp³-hybridized carbons (Fsp3) is 0. The average Bonchev–Trinajstić information content (AvgIpc) is 1.74. The molecule has 7 heteroatoms. The lowest BCUT2D eigenvalue weighted by molar-refractivity contribution is 0.669. The molecule has 85 heavy (non-hydrogen) atoms. The number of hydrogen-bond acceptors (Lipinski definition) is 3. The van der Waals surface area contributed by atoms with E-state index >= 15 is 0 Å². The van der Waals surface area contributed by atoms with Gasteiger partial charge in [0.25, 0.3) is 0 Å². The number of benzene rings is 13. The zero-order chi connectivity index (χ0) is 55.6. The number of rotatable bonds is 7. The molecule has 19 aromatic rings. The lowest BCUT2D eigenvalue weighted by Gasteiger charge is -2.24. The molecule has 5 nitrogen and oxygen atoms in total. The molecule has 0 aliphatic heterocycles. The highest BCUT2D eigenvalue weighted by atomic mass is 32.4. The van der Waals surface area contributed by atoms with Gasteiger partial charge in [0.15, 0.2) is 0 Å². The summed E-state index contributed by atoms with van der Waals surface area (Å²) in [7, 11) is 0. The minimum absolute atomic E-state index is 0.838. The first-order chi connectivity index (χ1) is 42.0. The number of para-hydroxylation sites is 5. The van der Waals surface area contributed by atoms with Crippen molar-refractivity contribution < 1.29 is 8.83 Å². The van der Waals surface area contributed by atoms with Crippen molar-refractivity contribution in [1.29, 1.82) is 0 Å². The SMILES string of the molecule is S=P(c1ccccc1)(c1ccccc1)c1cccc2c1oc1ccc(-n3c4ccccc4c4c(-c5ccc6c(c5)c5ccccc5n6-c5ccc6oc7ccc(-c8cc9c%10ccccc%10n%10c%11ccccc%11c(c8)c9%10)cc7c6c5)cccc43)cc12. The summed E-state index contributed by atoms with van der Waals surface area (Å²) >= 11 is 6.87. The van der Waals surface area contributed by atoms with Gasteiger partial charge in [-0.15, -0.1) is 0 Å². The molecule has 0 fully saturated rings. The summed E-state index contributed by atoms with van der Waals surface area (Å²) in [5.74, 6) is 0. The summed E-state index contributed by atoms with van der Waals surface area (Å²) in [5.41, 5.74) is 18.6. The van der Waals surface area contributed by atoms with E-state index < -0.39 is 6.04 Å². The van der Waals surface area contributed by atoms with Gasteiger partial charge in [0, 0.05) is 87.4 Å². The van der Waals surface area contributed by atoms with Crippen LogP contribution in [0.1, 0.15) is 0 Å². The topological polar surface area (TPSA) is 40.5 Å². The molecule has 6 aromatic heterocycles. The predicted octanol–water partition coefficient (Wildman–Crippen LogP) is 19.9. The van der Waals surface area contributed by atoms with E-state index in [1.165, 1.54) is 70.8 Å². The minimum atomic E-state index is -2.49. The summed E-state index contributed by atoms with van der Waals surface area (Å²) in [6.07, 6.45) is 0. The molecule has 0 atom stereocenters. The van der Waals surface area contributed by atoms with E-state index in [0.29, 0.717) is 0 Å². The highest BCUT2D eigenvalue weighted by Gasteiger charge is 2.30. The third kappa shape index (κ3) is 6.55. The molecule has 0 radical (unpaired) electrons. The van der Waals surface area contributed by atoms with Crippen molar-refractivity contribution >= 4 is 159 Å². The van der Waals surface area contributed by atoms with E-state index in [2.05, 4.69) is 293 Å². The van der Waals surface area contributed by atoms with Gasteiger partial charge in [0.1, 0.15) is 22.3 Å². The molecule has 0 aliphatic rings. The Kier molecular flexibility index (Phi) is 9.70. The minimum Gasteiger partial charge on any atom is -0.456 e. The van der Waals surface area contributed by atoms with Crippen LogP contribution in [0.15, 0.2) is 288 Å². The normalized spacial score (nSPS) is 12.5. The number of nitrogens with zero attached hydrogens (tertiary/aromatic N) is 3. The maximum atomic E-state index is 6.92. The quantitative estimate of drug-likeness (QED) is 0.149. The highest BCUT2D eigenvalue weighted by molar-refractivity contribution is 8.25. The Labute approximate surface area is 491 Å². The van der Waals surface area contributed by atoms with Gasteiger partial charge >= 0.3 is 0 Å². The molecule has 0 aliphatic carbocycles. The Balaban J connectivity index is 0.737. The molecule has 0 unspecified atom stereocenters. The molecule has 6 heterocycles. The third-order valence-corrected chi connectivity index (χ3v) is 23.2. The number of fused-ring (bicyclic) bond motifs is 18. The van der Waals surface area contributed by atoms with Crippen molar-refractivity contribution in [3.05, 3.63) is 279 Å². The summed E-state index contributed by atoms with van der Waals surface area (Å²) < 4.78 is 20.8. The number of furan rings is 2. The Hall–Kier alpha value is -10.5. The molecular formula is C78H46N3O2PS.